The summed E-state index contributed by atoms with van der Waals surface area (Å²) >= 11 is 0. The smallest absolute Gasteiger partial charge is 0.214 e. The number of allylic oxidation sites excluding steroid dienone is 2. The number of aryl methyl sites for hydroxylation is 1. The molecule has 0 unspecified atom stereocenters. The van der Waals surface area contributed by atoms with E-state index in [1.54, 1.807) is 26.1 Å². The van der Waals surface area contributed by atoms with Crippen LogP contribution in [-0.2, 0) is 11.3 Å². The van der Waals surface area contributed by atoms with Gasteiger partial charge in [0.1, 0.15) is 11.6 Å². The number of carbonyl (C=O) groups excluding carboxylic acids is 1. The molecule has 0 bridgehead atoms. The van der Waals surface area contributed by atoms with Crippen molar-refractivity contribution in [2.45, 2.75) is 26.8 Å². The highest BCUT2D eigenvalue weighted by Gasteiger charge is 2.09. The van der Waals surface area contributed by atoms with Crippen LogP contribution in [0.1, 0.15) is 24.7 Å². The Labute approximate surface area is 106 Å². The van der Waals surface area contributed by atoms with Crippen molar-refractivity contribution >= 4 is 12.2 Å². The Morgan fingerprint density at radius 1 is 1.61 bits per heavy atom. The van der Waals surface area contributed by atoms with Crippen LogP contribution in [0, 0.1) is 6.92 Å². The molecular formula is C12H17FN4O. The second-order valence-electron chi connectivity index (χ2n) is 3.88. The zero-order valence-corrected chi connectivity index (χ0v) is 10.6. The minimum atomic E-state index is -0.445. The number of hydrogen-bond donors (Lipinski definition) is 1. The summed E-state index contributed by atoms with van der Waals surface area (Å²) in [6, 6.07) is 0. The third-order valence-corrected chi connectivity index (χ3v) is 2.49. The zero-order valence-electron chi connectivity index (χ0n) is 10.6. The van der Waals surface area contributed by atoms with Crippen molar-refractivity contribution in [3.05, 3.63) is 29.4 Å². The van der Waals surface area contributed by atoms with Gasteiger partial charge < -0.3 is 10.6 Å². The molecule has 1 rings (SSSR count). The molecule has 0 radical (unpaired) electrons. The molecule has 1 heterocycles. The third-order valence-electron chi connectivity index (χ3n) is 2.49. The van der Waals surface area contributed by atoms with Gasteiger partial charge in [-0.3, -0.25) is 9.18 Å². The van der Waals surface area contributed by atoms with Gasteiger partial charge in [-0.2, -0.15) is 0 Å². The summed E-state index contributed by atoms with van der Waals surface area (Å²) in [4.78, 5) is 20.5. The number of nitrogens with two attached hydrogens (primary N) is 1. The van der Waals surface area contributed by atoms with Crippen molar-refractivity contribution in [1.29, 1.82) is 0 Å². The van der Waals surface area contributed by atoms with E-state index < -0.39 is 6.67 Å². The predicted octanol–water partition coefficient (Wildman–Crippen LogP) is 1.59. The van der Waals surface area contributed by atoms with Crippen LogP contribution in [0.15, 0.2) is 18.0 Å². The molecule has 0 aliphatic carbocycles. The third kappa shape index (κ3) is 3.80. The molecule has 0 fully saturated rings. The number of carbonyl (C=O) groups is 1. The highest BCUT2D eigenvalue weighted by Crippen LogP contribution is 2.13. The van der Waals surface area contributed by atoms with Crippen LogP contribution in [0.3, 0.4) is 0 Å². The predicted molar refractivity (Wildman–Crippen MR) is 67.1 cm³/mol. The fourth-order valence-corrected chi connectivity index (χ4v) is 1.44. The van der Waals surface area contributed by atoms with E-state index in [4.69, 9.17) is 5.73 Å². The molecule has 98 valence electrons. The highest BCUT2D eigenvalue weighted by molar-refractivity contribution is 5.52. The van der Waals surface area contributed by atoms with Crippen molar-refractivity contribution in [2.24, 2.45) is 0 Å². The van der Waals surface area contributed by atoms with Crippen LogP contribution in [0.2, 0.25) is 0 Å². The van der Waals surface area contributed by atoms with Crippen LogP contribution in [0.25, 0.3) is 0 Å². The molecule has 0 aliphatic heterocycles. The molecule has 0 aromatic carbocycles. The van der Waals surface area contributed by atoms with Gasteiger partial charge in [0.2, 0.25) is 6.41 Å². The number of anilines is 1. The summed E-state index contributed by atoms with van der Waals surface area (Å²) in [6.45, 7) is 3.32. The Morgan fingerprint density at radius 2 is 2.33 bits per heavy atom. The Hall–Kier alpha value is -1.98. The topological polar surface area (TPSA) is 72.1 Å². The summed E-state index contributed by atoms with van der Waals surface area (Å²) in [6.07, 6.45) is 4.23. The number of alkyl halides is 1. The number of nitrogens with zero attached hydrogens (tertiary/aromatic N) is 3. The maximum absolute atomic E-state index is 12.1. The quantitative estimate of drug-likeness (QED) is 0.780. The first-order chi connectivity index (χ1) is 8.58. The van der Waals surface area contributed by atoms with E-state index >= 15 is 0 Å². The molecule has 0 aliphatic rings. The second kappa shape index (κ2) is 6.68. The van der Waals surface area contributed by atoms with Crippen molar-refractivity contribution < 1.29 is 9.18 Å². The van der Waals surface area contributed by atoms with E-state index in [1.165, 1.54) is 4.90 Å². The van der Waals surface area contributed by atoms with Crippen LogP contribution in [-0.4, -0.2) is 28.0 Å². The van der Waals surface area contributed by atoms with Crippen molar-refractivity contribution in [3.8, 4) is 0 Å². The first-order valence-electron chi connectivity index (χ1n) is 5.61. The molecule has 1 amide bonds. The molecule has 6 heteroatoms. The van der Waals surface area contributed by atoms with E-state index in [-0.39, 0.29) is 13.0 Å². The fraction of sp³-hybridized carbons (Fsp3) is 0.417. The lowest BCUT2D eigenvalue weighted by molar-refractivity contribution is -0.116. The number of hydrogen-bond acceptors (Lipinski definition) is 4. The lowest BCUT2D eigenvalue weighted by atomic mass is 10.2. The lowest BCUT2D eigenvalue weighted by Gasteiger charge is -2.18. The monoisotopic (exact) mass is 252 g/mol. The van der Waals surface area contributed by atoms with Crippen molar-refractivity contribution in [2.75, 3.05) is 12.4 Å². The van der Waals surface area contributed by atoms with E-state index in [0.717, 1.165) is 0 Å². The molecule has 0 spiro atoms. The molecule has 2 N–H and O–H groups in total. The van der Waals surface area contributed by atoms with Gasteiger partial charge in [0, 0.05) is 17.5 Å². The summed E-state index contributed by atoms with van der Waals surface area (Å²) in [5.41, 5.74) is 7.10. The van der Waals surface area contributed by atoms with Gasteiger partial charge in [-0.15, -0.1) is 0 Å². The van der Waals surface area contributed by atoms with E-state index in [9.17, 15) is 9.18 Å². The number of nitrogen functional groups attached to an aromatic ring is 1. The molecule has 0 atom stereocenters. The average molecular weight is 252 g/mol. The largest absolute Gasteiger partial charge is 0.383 e. The van der Waals surface area contributed by atoms with E-state index in [0.29, 0.717) is 29.3 Å². The Bertz CT molecular complexity index is 448. The first-order valence-corrected chi connectivity index (χ1v) is 5.61. The minimum absolute atomic E-state index is 0.282. The number of aromatic nitrogens is 2. The standard InChI is InChI=1S/C12H17FN4O/c1-9(4-3-5-13)17(8-18)7-11-6-15-10(2)16-12(11)14/h4,6,8H,3,5,7H2,1-2H3,(H2,14,15,16). The maximum atomic E-state index is 12.1. The Kier molecular flexibility index (Phi) is 5.23. The summed E-state index contributed by atoms with van der Waals surface area (Å²) in [5, 5.41) is 0. The number of rotatable bonds is 6. The van der Waals surface area contributed by atoms with E-state index in [2.05, 4.69) is 9.97 Å². The van der Waals surface area contributed by atoms with Gasteiger partial charge in [-0.1, -0.05) is 6.08 Å². The normalized spacial score (nSPS) is 11.4. The summed E-state index contributed by atoms with van der Waals surface area (Å²) < 4.78 is 12.1. The Balaban J connectivity index is 2.82. The van der Waals surface area contributed by atoms with Crippen molar-refractivity contribution in [1.82, 2.24) is 14.9 Å². The van der Waals surface area contributed by atoms with Crippen LogP contribution in [0.5, 0.6) is 0 Å². The number of halogens is 1. The van der Waals surface area contributed by atoms with Crippen LogP contribution < -0.4 is 5.73 Å². The van der Waals surface area contributed by atoms with Gasteiger partial charge >= 0.3 is 0 Å². The maximum Gasteiger partial charge on any atom is 0.214 e. The van der Waals surface area contributed by atoms with Crippen LogP contribution >= 0.6 is 0 Å². The molecular weight excluding hydrogens is 235 g/mol. The van der Waals surface area contributed by atoms with Gasteiger partial charge in [0.05, 0.1) is 13.2 Å². The molecule has 18 heavy (non-hydrogen) atoms. The second-order valence-corrected chi connectivity index (χ2v) is 3.88. The van der Waals surface area contributed by atoms with Crippen molar-refractivity contribution in [3.63, 3.8) is 0 Å². The fourth-order valence-electron chi connectivity index (χ4n) is 1.44. The van der Waals surface area contributed by atoms with Gasteiger partial charge in [-0.05, 0) is 20.3 Å². The lowest BCUT2D eigenvalue weighted by Crippen LogP contribution is -2.20. The summed E-state index contributed by atoms with van der Waals surface area (Å²) in [7, 11) is 0. The zero-order chi connectivity index (χ0) is 13.5. The van der Waals surface area contributed by atoms with E-state index in [1.807, 2.05) is 0 Å². The van der Waals surface area contributed by atoms with Gasteiger partial charge in [-0.25, -0.2) is 9.97 Å². The highest BCUT2D eigenvalue weighted by atomic mass is 19.1. The Morgan fingerprint density at radius 3 is 2.89 bits per heavy atom. The summed E-state index contributed by atoms with van der Waals surface area (Å²) in [5.74, 6) is 0.936. The molecule has 0 saturated heterocycles. The average Bonchev–Trinajstić information content (AvgIpc) is 2.35. The first kappa shape index (κ1) is 14.1. The molecule has 0 saturated carbocycles. The molecule has 1 aromatic heterocycles. The molecule has 5 nitrogen and oxygen atoms in total. The van der Waals surface area contributed by atoms with Gasteiger partial charge in [0.15, 0.2) is 0 Å². The van der Waals surface area contributed by atoms with Gasteiger partial charge in [0.25, 0.3) is 0 Å². The number of amides is 1. The minimum Gasteiger partial charge on any atom is -0.383 e. The SMILES string of the molecule is CC(=CCCF)N(C=O)Cc1cnc(C)nc1N. The molecule has 1 aromatic rings. The van der Waals surface area contributed by atoms with Crippen LogP contribution in [0.4, 0.5) is 10.2 Å².